The Kier molecular flexibility index (Phi) is 4.90. The zero-order chi connectivity index (χ0) is 16.9. The molecule has 2 N–H and O–H groups in total. The second kappa shape index (κ2) is 7.27. The standard InChI is InChI=1S/C17H19N5OS/c1-12(16-20-13(2)11-24-16)10-18-17(23)21-14-4-6-15(7-5-14)22-9-3-8-19-22/h3-9,11-12H,10H2,1-2H3,(H2,18,21,23). The summed E-state index contributed by atoms with van der Waals surface area (Å²) >= 11 is 1.62. The SMILES string of the molecule is Cc1csc(C(C)CNC(=O)Nc2ccc(-n3cccn3)cc2)n1. The lowest BCUT2D eigenvalue weighted by Crippen LogP contribution is -2.31. The summed E-state index contributed by atoms with van der Waals surface area (Å²) < 4.78 is 1.77. The van der Waals surface area contributed by atoms with Gasteiger partial charge in [0.1, 0.15) is 0 Å². The maximum Gasteiger partial charge on any atom is 0.319 e. The minimum Gasteiger partial charge on any atom is -0.337 e. The van der Waals surface area contributed by atoms with Crippen LogP contribution >= 0.6 is 11.3 Å². The molecule has 0 aliphatic rings. The van der Waals surface area contributed by atoms with Gasteiger partial charge in [-0.05, 0) is 37.3 Å². The number of anilines is 1. The number of nitrogens with one attached hydrogen (secondary N) is 2. The van der Waals surface area contributed by atoms with Crippen LogP contribution in [0.2, 0.25) is 0 Å². The fraction of sp³-hybridized carbons (Fsp3) is 0.235. The number of hydrogen-bond acceptors (Lipinski definition) is 4. The van der Waals surface area contributed by atoms with Crippen LogP contribution in [-0.2, 0) is 0 Å². The molecule has 0 bridgehead atoms. The highest BCUT2D eigenvalue weighted by Gasteiger charge is 2.11. The molecule has 0 aliphatic heterocycles. The van der Waals surface area contributed by atoms with Gasteiger partial charge in [-0.25, -0.2) is 14.5 Å². The Morgan fingerprint density at radius 2 is 2.12 bits per heavy atom. The van der Waals surface area contributed by atoms with Crippen LogP contribution in [0.1, 0.15) is 23.5 Å². The monoisotopic (exact) mass is 341 g/mol. The van der Waals surface area contributed by atoms with E-state index in [0.29, 0.717) is 6.54 Å². The molecule has 0 saturated carbocycles. The molecule has 0 radical (unpaired) electrons. The van der Waals surface area contributed by atoms with Crippen molar-refractivity contribution in [3.8, 4) is 5.69 Å². The lowest BCUT2D eigenvalue weighted by Gasteiger charge is -2.11. The summed E-state index contributed by atoms with van der Waals surface area (Å²) in [5.41, 5.74) is 2.70. The zero-order valence-corrected chi connectivity index (χ0v) is 14.4. The van der Waals surface area contributed by atoms with Gasteiger partial charge in [-0.2, -0.15) is 5.10 Å². The molecular formula is C17H19N5OS. The molecule has 2 heterocycles. The Bertz CT molecular complexity index is 795. The maximum absolute atomic E-state index is 12.0. The summed E-state index contributed by atoms with van der Waals surface area (Å²) in [7, 11) is 0. The summed E-state index contributed by atoms with van der Waals surface area (Å²) in [5, 5.41) is 12.9. The van der Waals surface area contributed by atoms with E-state index in [0.717, 1.165) is 22.1 Å². The van der Waals surface area contributed by atoms with Crippen LogP contribution in [0.4, 0.5) is 10.5 Å². The Labute approximate surface area is 144 Å². The predicted molar refractivity (Wildman–Crippen MR) is 95.9 cm³/mol. The van der Waals surface area contributed by atoms with Crippen molar-refractivity contribution < 1.29 is 4.79 Å². The maximum atomic E-state index is 12.0. The Hall–Kier alpha value is -2.67. The highest BCUT2D eigenvalue weighted by atomic mass is 32.1. The lowest BCUT2D eigenvalue weighted by atomic mass is 10.2. The van der Waals surface area contributed by atoms with E-state index in [4.69, 9.17) is 0 Å². The molecule has 2 amide bonds. The number of urea groups is 1. The van der Waals surface area contributed by atoms with Crippen molar-refractivity contribution in [3.63, 3.8) is 0 Å². The second-order valence-electron chi connectivity index (χ2n) is 5.56. The number of aryl methyl sites for hydroxylation is 1. The summed E-state index contributed by atoms with van der Waals surface area (Å²) in [6.45, 7) is 4.57. The van der Waals surface area contributed by atoms with E-state index in [1.54, 1.807) is 22.2 Å². The third kappa shape index (κ3) is 3.99. The number of aromatic nitrogens is 3. The molecule has 24 heavy (non-hydrogen) atoms. The zero-order valence-electron chi connectivity index (χ0n) is 13.6. The van der Waals surface area contributed by atoms with Gasteiger partial charge in [0.2, 0.25) is 0 Å². The second-order valence-corrected chi connectivity index (χ2v) is 6.45. The van der Waals surface area contributed by atoms with E-state index in [2.05, 4.69) is 27.6 Å². The van der Waals surface area contributed by atoms with Gasteiger partial charge >= 0.3 is 6.03 Å². The van der Waals surface area contributed by atoms with Gasteiger partial charge in [0.25, 0.3) is 0 Å². The smallest absolute Gasteiger partial charge is 0.319 e. The van der Waals surface area contributed by atoms with Crippen molar-refractivity contribution in [1.82, 2.24) is 20.1 Å². The highest BCUT2D eigenvalue weighted by molar-refractivity contribution is 7.09. The average Bonchev–Trinajstić information content (AvgIpc) is 3.25. The first kappa shape index (κ1) is 16.2. The van der Waals surface area contributed by atoms with Crippen LogP contribution in [0, 0.1) is 6.92 Å². The normalized spacial score (nSPS) is 11.9. The van der Waals surface area contributed by atoms with Crippen LogP contribution in [0.15, 0.2) is 48.1 Å². The molecule has 0 spiro atoms. The molecule has 124 valence electrons. The topological polar surface area (TPSA) is 71.8 Å². The minimum atomic E-state index is -0.220. The lowest BCUT2D eigenvalue weighted by molar-refractivity contribution is 0.251. The molecule has 3 aromatic rings. The Morgan fingerprint density at radius 1 is 1.33 bits per heavy atom. The van der Waals surface area contributed by atoms with Crippen molar-refractivity contribution in [2.24, 2.45) is 0 Å². The first-order chi connectivity index (χ1) is 11.6. The third-order valence-electron chi connectivity index (χ3n) is 3.52. The fourth-order valence-electron chi connectivity index (χ4n) is 2.23. The molecule has 1 atom stereocenters. The van der Waals surface area contributed by atoms with Gasteiger partial charge in [0.05, 0.1) is 10.7 Å². The predicted octanol–water partition coefficient (Wildman–Crippen LogP) is 3.56. The molecule has 3 rings (SSSR count). The number of carbonyl (C=O) groups is 1. The van der Waals surface area contributed by atoms with Gasteiger partial charge in [-0.15, -0.1) is 11.3 Å². The molecule has 2 aromatic heterocycles. The molecule has 6 nitrogen and oxygen atoms in total. The number of thiazole rings is 1. The summed E-state index contributed by atoms with van der Waals surface area (Å²) in [5.74, 6) is 0.191. The van der Waals surface area contributed by atoms with Crippen LogP contribution in [0.25, 0.3) is 5.69 Å². The van der Waals surface area contributed by atoms with Crippen molar-refractivity contribution in [2.75, 3.05) is 11.9 Å². The van der Waals surface area contributed by atoms with E-state index in [1.165, 1.54) is 0 Å². The number of rotatable bonds is 5. The molecule has 0 saturated heterocycles. The number of amides is 2. The van der Waals surface area contributed by atoms with Crippen LogP contribution in [0.5, 0.6) is 0 Å². The minimum absolute atomic E-state index is 0.191. The quantitative estimate of drug-likeness (QED) is 0.745. The molecule has 1 aromatic carbocycles. The van der Waals surface area contributed by atoms with Gasteiger partial charge in [0, 0.05) is 41.6 Å². The van der Waals surface area contributed by atoms with E-state index in [-0.39, 0.29) is 11.9 Å². The van der Waals surface area contributed by atoms with Crippen molar-refractivity contribution in [3.05, 3.63) is 58.8 Å². The first-order valence-corrected chi connectivity index (χ1v) is 8.57. The molecule has 0 fully saturated rings. The third-order valence-corrected chi connectivity index (χ3v) is 4.72. The van der Waals surface area contributed by atoms with E-state index in [1.807, 2.05) is 48.8 Å². The van der Waals surface area contributed by atoms with Gasteiger partial charge < -0.3 is 10.6 Å². The van der Waals surface area contributed by atoms with Gasteiger partial charge in [0.15, 0.2) is 0 Å². The molecular weight excluding hydrogens is 322 g/mol. The van der Waals surface area contributed by atoms with E-state index >= 15 is 0 Å². The molecule has 1 unspecified atom stereocenters. The number of nitrogens with zero attached hydrogens (tertiary/aromatic N) is 3. The first-order valence-electron chi connectivity index (χ1n) is 7.69. The van der Waals surface area contributed by atoms with Gasteiger partial charge in [-0.3, -0.25) is 0 Å². The van der Waals surface area contributed by atoms with E-state index < -0.39 is 0 Å². The highest BCUT2D eigenvalue weighted by Crippen LogP contribution is 2.19. The average molecular weight is 341 g/mol. The van der Waals surface area contributed by atoms with Crippen LogP contribution < -0.4 is 10.6 Å². The summed E-state index contributed by atoms with van der Waals surface area (Å²) in [6, 6.07) is 9.16. The van der Waals surface area contributed by atoms with E-state index in [9.17, 15) is 4.79 Å². The Morgan fingerprint density at radius 3 is 2.75 bits per heavy atom. The summed E-state index contributed by atoms with van der Waals surface area (Å²) in [4.78, 5) is 16.5. The number of benzene rings is 1. The molecule has 0 aliphatic carbocycles. The van der Waals surface area contributed by atoms with Crippen LogP contribution in [0.3, 0.4) is 0 Å². The Balaban J connectivity index is 1.51. The fourth-order valence-corrected chi connectivity index (χ4v) is 3.08. The number of hydrogen-bond donors (Lipinski definition) is 2. The largest absolute Gasteiger partial charge is 0.337 e. The summed E-state index contributed by atoms with van der Waals surface area (Å²) in [6.07, 6.45) is 3.60. The molecule has 7 heteroatoms. The van der Waals surface area contributed by atoms with Crippen LogP contribution in [-0.4, -0.2) is 27.3 Å². The van der Waals surface area contributed by atoms with Gasteiger partial charge in [-0.1, -0.05) is 6.92 Å². The van der Waals surface area contributed by atoms with Crippen molar-refractivity contribution >= 4 is 23.1 Å². The number of carbonyl (C=O) groups excluding carboxylic acids is 1. The van der Waals surface area contributed by atoms with Crippen molar-refractivity contribution in [2.45, 2.75) is 19.8 Å². The van der Waals surface area contributed by atoms with Crippen molar-refractivity contribution in [1.29, 1.82) is 0 Å².